The summed E-state index contributed by atoms with van der Waals surface area (Å²) in [6.45, 7) is 6.12. The lowest BCUT2D eigenvalue weighted by molar-refractivity contribution is -0.123. The van der Waals surface area contributed by atoms with E-state index in [0.717, 1.165) is 25.1 Å². The van der Waals surface area contributed by atoms with Gasteiger partial charge in [-0.15, -0.1) is 0 Å². The van der Waals surface area contributed by atoms with Gasteiger partial charge in [-0.1, -0.05) is 37.3 Å². The van der Waals surface area contributed by atoms with Crippen molar-refractivity contribution in [3.63, 3.8) is 0 Å². The Morgan fingerprint density at radius 3 is 2.72 bits per heavy atom. The molecule has 2 N–H and O–H groups in total. The van der Waals surface area contributed by atoms with Gasteiger partial charge in [-0.25, -0.2) is 0 Å². The van der Waals surface area contributed by atoms with Crippen molar-refractivity contribution in [2.24, 2.45) is 5.92 Å². The number of hydrogen-bond donors (Lipinski definition) is 2. The van der Waals surface area contributed by atoms with E-state index in [1.165, 1.54) is 0 Å². The zero-order chi connectivity index (χ0) is 13.0. The molecule has 0 bridgehead atoms. The van der Waals surface area contributed by atoms with Crippen LogP contribution in [0.1, 0.15) is 31.7 Å². The van der Waals surface area contributed by atoms with Crippen molar-refractivity contribution in [2.45, 2.75) is 32.2 Å². The maximum atomic E-state index is 12.2. The monoisotopic (exact) mass is 246 g/mol. The third kappa shape index (κ3) is 3.33. The zero-order valence-electron chi connectivity index (χ0n) is 11.1. The standard InChI is InChI=1S/C15H22N2O/c1-11-8-14(10-16-9-11)17-15(18)12(2)13-6-4-3-5-7-13/h3-7,11-12,14,16H,8-10H2,1-2H3,(H,17,18). The molecule has 1 aromatic rings. The van der Waals surface area contributed by atoms with Gasteiger partial charge in [0.15, 0.2) is 0 Å². The van der Waals surface area contributed by atoms with Crippen LogP contribution >= 0.6 is 0 Å². The van der Waals surface area contributed by atoms with Gasteiger partial charge in [-0.3, -0.25) is 4.79 Å². The molecule has 3 nitrogen and oxygen atoms in total. The lowest BCUT2D eigenvalue weighted by Crippen LogP contribution is -2.49. The molecular formula is C15H22N2O. The summed E-state index contributed by atoms with van der Waals surface area (Å²) in [4.78, 5) is 12.2. The van der Waals surface area contributed by atoms with E-state index in [9.17, 15) is 4.79 Å². The number of benzene rings is 1. The highest BCUT2D eigenvalue weighted by molar-refractivity contribution is 5.83. The van der Waals surface area contributed by atoms with Crippen LogP contribution in [0.25, 0.3) is 0 Å². The number of piperidine rings is 1. The Morgan fingerprint density at radius 1 is 1.33 bits per heavy atom. The third-order valence-electron chi connectivity index (χ3n) is 3.61. The number of carbonyl (C=O) groups excluding carboxylic acids is 1. The second-order valence-electron chi connectivity index (χ2n) is 5.34. The minimum atomic E-state index is -0.0802. The van der Waals surface area contributed by atoms with Crippen LogP contribution in [0.4, 0.5) is 0 Å². The summed E-state index contributed by atoms with van der Waals surface area (Å²) in [5.41, 5.74) is 1.08. The van der Waals surface area contributed by atoms with Gasteiger partial charge in [0.25, 0.3) is 0 Å². The molecule has 1 heterocycles. The number of hydrogen-bond acceptors (Lipinski definition) is 2. The van der Waals surface area contributed by atoms with Gasteiger partial charge in [0.1, 0.15) is 0 Å². The van der Waals surface area contributed by atoms with Crippen LogP contribution in [0, 0.1) is 5.92 Å². The first-order valence-electron chi connectivity index (χ1n) is 6.73. The van der Waals surface area contributed by atoms with Crippen LogP contribution in [0.15, 0.2) is 30.3 Å². The van der Waals surface area contributed by atoms with E-state index in [1.807, 2.05) is 37.3 Å². The highest BCUT2D eigenvalue weighted by atomic mass is 16.1. The van der Waals surface area contributed by atoms with E-state index >= 15 is 0 Å². The Kier molecular flexibility index (Phi) is 4.37. The molecule has 1 aliphatic rings. The van der Waals surface area contributed by atoms with Crippen LogP contribution in [-0.4, -0.2) is 25.0 Å². The van der Waals surface area contributed by atoms with E-state index < -0.39 is 0 Å². The largest absolute Gasteiger partial charge is 0.352 e. The summed E-state index contributed by atoms with van der Waals surface area (Å²) in [6.07, 6.45) is 1.07. The summed E-state index contributed by atoms with van der Waals surface area (Å²) in [7, 11) is 0. The van der Waals surface area contributed by atoms with E-state index in [2.05, 4.69) is 17.6 Å². The van der Waals surface area contributed by atoms with E-state index in [4.69, 9.17) is 0 Å². The Labute approximate surface area is 109 Å². The van der Waals surface area contributed by atoms with Gasteiger partial charge in [0, 0.05) is 12.6 Å². The molecule has 98 valence electrons. The first kappa shape index (κ1) is 13.1. The van der Waals surface area contributed by atoms with Crippen molar-refractivity contribution in [1.29, 1.82) is 0 Å². The Hall–Kier alpha value is -1.35. The predicted molar refractivity (Wildman–Crippen MR) is 73.4 cm³/mol. The summed E-state index contributed by atoms with van der Waals surface area (Å²) < 4.78 is 0. The van der Waals surface area contributed by atoms with Crippen LogP contribution in [0.3, 0.4) is 0 Å². The smallest absolute Gasteiger partial charge is 0.227 e. The lowest BCUT2D eigenvalue weighted by Gasteiger charge is -2.29. The summed E-state index contributed by atoms with van der Waals surface area (Å²) >= 11 is 0. The molecule has 1 saturated heterocycles. The first-order valence-corrected chi connectivity index (χ1v) is 6.73. The van der Waals surface area contributed by atoms with Gasteiger partial charge in [-0.05, 0) is 31.4 Å². The normalized spacial score (nSPS) is 25.4. The molecule has 0 aliphatic carbocycles. The molecule has 0 radical (unpaired) electrons. The zero-order valence-corrected chi connectivity index (χ0v) is 11.1. The predicted octanol–water partition coefficient (Wildman–Crippen LogP) is 1.90. The van der Waals surface area contributed by atoms with Gasteiger partial charge in [-0.2, -0.15) is 0 Å². The molecule has 1 fully saturated rings. The summed E-state index contributed by atoms with van der Waals surface area (Å²) in [5.74, 6) is 0.682. The summed E-state index contributed by atoms with van der Waals surface area (Å²) in [6, 6.07) is 10.2. The van der Waals surface area contributed by atoms with Crippen LogP contribution in [-0.2, 0) is 4.79 Å². The molecular weight excluding hydrogens is 224 g/mol. The number of nitrogens with one attached hydrogen (secondary N) is 2. The molecule has 3 atom stereocenters. The van der Waals surface area contributed by atoms with Crippen molar-refractivity contribution < 1.29 is 4.79 Å². The molecule has 1 amide bonds. The van der Waals surface area contributed by atoms with Crippen LogP contribution in [0.5, 0.6) is 0 Å². The third-order valence-corrected chi connectivity index (χ3v) is 3.61. The fourth-order valence-corrected chi connectivity index (χ4v) is 2.49. The molecule has 0 aromatic heterocycles. The quantitative estimate of drug-likeness (QED) is 0.855. The Balaban J connectivity index is 1.91. The molecule has 18 heavy (non-hydrogen) atoms. The Bertz CT molecular complexity index is 391. The molecule has 1 aliphatic heterocycles. The fraction of sp³-hybridized carbons (Fsp3) is 0.533. The highest BCUT2D eigenvalue weighted by Gasteiger charge is 2.22. The topological polar surface area (TPSA) is 41.1 Å². The number of carbonyl (C=O) groups is 1. The summed E-state index contributed by atoms with van der Waals surface area (Å²) in [5, 5.41) is 6.50. The van der Waals surface area contributed by atoms with Gasteiger partial charge < -0.3 is 10.6 Å². The second-order valence-corrected chi connectivity index (χ2v) is 5.34. The Morgan fingerprint density at radius 2 is 2.06 bits per heavy atom. The fourth-order valence-electron chi connectivity index (χ4n) is 2.49. The minimum Gasteiger partial charge on any atom is -0.352 e. The van der Waals surface area contributed by atoms with Gasteiger partial charge >= 0.3 is 0 Å². The van der Waals surface area contributed by atoms with Crippen molar-refractivity contribution in [2.75, 3.05) is 13.1 Å². The molecule has 3 heteroatoms. The maximum Gasteiger partial charge on any atom is 0.227 e. The van der Waals surface area contributed by atoms with Crippen molar-refractivity contribution >= 4 is 5.91 Å². The molecule has 1 aromatic carbocycles. The van der Waals surface area contributed by atoms with Crippen molar-refractivity contribution in [3.05, 3.63) is 35.9 Å². The van der Waals surface area contributed by atoms with Gasteiger partial charge in [0.05, 0.1) is 5.92 Å². The van der Waals surface area contributed by atoms with E-state index in [1.54, 1.807) is 0 Å². The van der Waals surface area contributed by atoms with Gasteiger partial charge in [0.2, 0.25) is 5.91 Å². The second kappa shape index (κ2) is 6.01. The molecule has 0 spiro atoms. The molecule has 0 saturated carbocycles. The van der Waals surface area contributed by atoms with Crippen molar-refractivity contribution in [3.8, 4) is 0 Å². The average molecular weight is 246 g/mol. The van der Waals surface area contributed by atoms with E-state index in [0.29, 0.717) is 5.92 Å². The van der Waals surface area contributed by atoms with Crippen LogP contribution in [0.2, 0.25) is 0 Å². The minimum absolute atomic E-state index is 0.0802. The van der Waals surface area contributed by atoms with Crippen LogP contribution < -0.4 is 10.6 Å². The average Bonchev–Trinajstić information content (AvgIpc) is 2.39. The highest BCUT2D eigenvalue weighted by Crippen LogP contribution is 2.16. The van der Waals surface area contributed by atoms with Crippen molar-refractivity contribution in [1.82, 2.24) is 10.6 Å². The molecule has 2 rings (SSSR count). The maximum absolute atomic E-state index is 12.2. The molecule has 3 unspecified atom stereocenters. The number of rotatable bonds is 3. The first-order chi connectivity index (χ1) is 8.66. The SMILES string of the molecule is CC1CNCC(NC(=O)C(C)c2ccccc2)C1. The lowest BCUT2D eigenvalue weighted by atomic mass is 9.95. The van der Waals surface area contributed by atoms with E-state index in [-0.39, 0.29) is 17.9 Å². The number of amides is 1.